The maximum Gasteiger partial charge on any atom is 0.348 e. The molecule has 2 amide bonds. The van der Waals surface area contributed by atoms with Gasteiger partial charge >= 0.3 is 5.97 Å². The molecule has 0 aliphatic carbocycles. The highest BCUT2D eigenvalue weighted by Gasteiger charge is 2.25. The number of ether oxygens (including phenoxy) is 1. The summed E-state index contributed by atoms with van der Waals surface area (Å²) in [5.41, 5.74) is 7.12. The van der Waals surface area contributed by atoms with Crippen molar-refractivity contribution < 1.29 is 19.1 Å². The highest BCUT2D eigenvalue weighted by molar-refractivity contribution is 8.00. The lowest BCUT2D eigenvalue weighted by Crippen LogP contribution is -2.18. The minimum Gasteiger partial charge on any atom is -0.462 e. The zero-order valence-corrected chi connectivity index (χ0v) is 16.4. The Kier molecular flexibility index (Phi) is 6.82. The van der Waals surface area contributed by atoms with Crippen LogP contribution in [0.5, 0.6) is 0 Å². The van der Waals surface area contributed by atoms with Crippen LogP contribution in [0.2, 0.25) is 0 Å². The Bertz CT molecular complexity index is 828. The molecule has 26 heavy (non-hydrogen) atoms. The number of nitrogens with one attached hydrogen (secondary N) is 1. The van der Waals surface area contributed by atoms with E-state index in [1.807, 2.05) is 31.2 Å². The molecular weight excluding hydrogens is 372 g/mol. The number of amides is 2. The van der Waals surface area contributed by atoms with Crippen LogP contribution < -0.4 is 11.1 Å². The van der Waals surface area contributed by atoms with Crippen molar-refractivity contribution >= 4 is 45.9 Å². The molecule has 0 unspecified atom stereocenters. The van der Waals surface area contributed by atoms with Crippen LogP contribution in [0.3, 0.4) is 0 Å². The fourth-order valence-corrected chi connectivity index (χ4v) is 4.06. The van der Waals surface area contributed by atoms with Gasteiger partial charge in [0, 0.05) is 4.90 Å². The maximum absolute atomic E-state index is 12.3. The molecule has 0 bridgehead atoms. The molecule has 6 nitrogen and oxygen atoms in total. The Hall–Kier alpha value is -2.32. The maximum atomic E-state index is 12.3. The lowest BCUT2D eigenvalue weighted by atomic mass is 10.1. The number of hydrogen-bond donors (Lipinski definition) is 2. The van der Waals surface area contributed by atoms with Crippen molar-refractivity contribution in [3.05, 3.63) is 45.8 Å². The molecule has 3 N–H and O–H groups in total. The smallest absolute Gasteiger partial charge is 0.348 e. The molecule has 0 aliphatic heterocycles. The predicted molar refractivity (Wildman–Crippen MR) is 104 cm³/mol. The van der Waals surface area contributed by atoms with Crippen LogP contribution in [0.15, 0.2) is 29.2 Å². The molecule has 0 radical (unpaired) electrons. The van der Waals surface area contributed by atoms with Gasteiger partial charge in [-0.25, -0.2) is 4.79 Å². The fraction of sp³-hybridized carbons (Fsp3) is 0.278. The number of carbonyl (C=O) groups excluding carboxylic acids is 3. The normalized spacial score (nSPS) is 10.4. The molecular formula is C18H20N2O4S2. The third-order valence-electron chi connectivity index (χ3n) is 3.50. The third kappa shape index (κ3) is 4.86. The first kappa shape index (κ1) is 20.0. The first-order chi connectivity index (χ1) is 12.3. The molecule has 1 aromatic heterocycles. The number of hydrogen-bond acceptors (Lipinski definition) is 6. The average Bonchev–Trinajstić information content (AvgIpc) is 2.91. The van der Waals surface area contributed by atoms with Crippen molar-refractivity contribution in [2.24, 2.45) is 5.73 Å². The second kappa shape index (κ2) is 8.86. The average molecular weight is 393 g/mol. The van der Waals surface area contributed by atoms with Gasteiger partial charge in [-0.1, -0.05) is 17.7 Å². The summed E-state index contributed by atoms with van der Waals surface area (Å²) in [5.74, 6) is -1.34. The van der Waals surface area contributed by atoms with Gasteiger partial charge in [0.1, 0.15) is 9.88 Å². The van der Waals surface area contributed by atoms with Gasteiger partial charge in [-0.2, -0.15) is 0 Å². The number of primary amides is 1. The minimum atomic E-state index is -0.698. The van der Waals surface area contributed by atoms with Crippen LogP contribution >= 0.6 is 23.1 Å². The summed E-state index contributed by atoms with van der Waals surface area (Å²) in [6.07, 6.45) is 0. The van der Waals surface area contributed by atoms with E-state index in [1.54, 1.807) is 13.8 Å². The number of carbonyl (C=O) groups is 3. The highest BCUT2D eigenvalue weighted by atomic mass is 32.2. The van der Waals surface area contributed by atoms with Crippen LogP contribution in [-0.2, 0) is 9.53 Å². The van der Waals surface area contributed by atoms with Gasteiger partial charge < -0.3 is 15.8 Å². The molecule has 0 saturated heterocycles. The number of nitrogens with two attached hydrogens (primary N) is 1. The van der Waals surface area contributed by atoms with Gasteiger partial charge in [-0.05, 0) is 38.5 Å². The minimum absolute atomic E-state index is 0.145. The summed E-state index contributed by atoms with van der Waals surface area (Å²) in [5, 5.41) is 2.95. The van der Waals surface area contributed by atoms with E-state index in [1.165, 1.54) is 11.8 Å². The summed E-state index contributed by atoms with van der Waals surface area (Å²) in [7, 11) is 0. The number of aryl methyl sites for hydroxylation is 1. The highest BCUT2D eigenvalue weighted by Crippen LogP contribution is 2.33. The van der Waals surface area contributed by atoms with Crippen molar-refractivity contribution in [2.45, 2.75) is 25.7 Å². The zero-order valence-electron chi connectivity index (χ0n) is 14.8. The number of rotatable bonds is 7. The Morgan fingerprint density at radius 2 is 1.85 bits per heavy atom. The number of benzene rings is 1. The summed E-state index contributed by atoms with van der Waals surface area (Å²) in [6, 6.07) is 7.83. The van der Waals surface area contributed by atoms with Crippen LogP contribution in [0.1, 0.15) is 38.1 Å². The molecule has 0 aliphatic rings. The lowest BCUT2D eigenvalue weighted by molar-refractivity contribution is -0.113. The SMILES string of the molecule is CCOC(=O)c1sc(NC(=O)CSc2ccc(C)cc2)c(C(N)=O)c1C. The Morgan fingerprint density at radius 1 is 1.19 bits per heavy atom. The van der Waals surface area contributed by atoms with E-state index in [9.17, 15) is 14.4 Å². The quantitative estimate of drug-likeness (QED) is 0.556. The van der Waals surface area contributed by atoms with E-state index in [4.69, 9.17) is 10.5 Å². The Labute approximate surface area is 160 Å². The van der Waals surface area contributed by atoms with Crippen molar-refractivity contribution in [1.29, 1.82) is 0 Å². The fourth-order valence-electron chi connectivity index (χ4n) is 2.24. The van der Waals surface area contributed by atoms with Crippen LogP contribution in [0.25, 0.3) is 0 Å². The zero-order chi connectivity index (χ0) is 19.3. The van der Waals surface area contributed by atoms with E-state index in [2.05, 4.69) is 5.32 Å². The van der Waals surface area contributed by atoms with Gasteiger partial charge in [-0.3, -0.25) is 9.59 Å². The van der Waals surface area contributed by atoms with Gasteiger partial charge in [0.2, 0.25) is 5.91 Å². The van der Waals surface area contributed by atoms with E-state index in [0.29, 0.717) is 5.56 Å². The van der Waals surface area contributed by atoms with Gasteiger partial charge in [0.15, 0.2) is 0 Å². The molecule has 0 fully saturated rings. The third-order valence-corrected chi connectivity index (χ3v) is 5.70. The first-order valence-electron chi connectivity index (χ1n) is 7.93. The number of esters is 1. The largest absolute Gasteiger partial charge is 0.462 e. The molecule has 0 spiro atoms. The number of thiophene rings is 1. The standard InChI is InChI=1S/C18H20N2O4S2/c1-4-24-18(23)15-11(3)14(16(19)22)17(26-15)20-13(21)9-25-12-7-5-10(2)6-8-12/h5-8H,4,9H2,1-3H3,(H2,19,22)(H,20,21). The molecule has 0 atom stereocenters. The van der Waals surface area contributed by atoms with Gasteiger partial charge in [-0.15, -0.1) is 23.1 Å². The molecule has 1 heterocycles. The monoisotopic (exact) mass is 392 g/mol. The number of anilines is 1. The second-order valence-corrected chi connectivity index (χ2v) is 7.56. The summed E-state index contributed by atoms with van der Waals surface area (Å²) in [6.45, 7) is 5.52. The molecule has 0 saturated carbocycles. The van der Waals surface area contributed by atoms with Crippen molar-refractivity contribution in [2.75, 3.05) is 17.7 Å². The molecule has 138 valence electrons. The van der Waals surface area contributed by atoms with E-state index in [0.717, 1.165) is 21.8 Å². The van der Waals surface area contributed by atoms with E-state index < -0.39 is 11.9 Å². The molecule has 2 aromatic rings. The van der Waals surface area contributed by atoms with Crippen molar-refractivity contribution in [3.8, 4) is 0 Å². The molecule has 1 aromatic carbocycles. The molecule has 2 rings (SSSR count). The van der Waals surface area contributed by atoms with Gasteiger partial charge in [0.25, 0.3) is 5.91 Å². The topological polar surface area (TPSA) is 98.5 Å². The van der Waals surface area contributed by atoms with Crippen LogP contribution in [0, 0.1) is 13.8 Å². The van der Waals surface area contributed by atoms with Crippen LogP contribution in [0.4, 0.5) is 5.00 Å². The molecule has 8 heteroatoms. The first-order valence-corrected chi connectivity index (χ1v) is 9.73. The van der Waals surface area contributed by atoms with Crippen molar-refractivity contribution in [1.82, 2.24) is 0 Å². The second-order valence-electron chi connectivity index (χ2n) is 5.49. The number of thioether (sulfide) groups is 1. The Balaban J connectivity index is 2.13. The Morgan fingerprint density at radius 3 is 2.42 bits per heavy atom. The van der Waals surface area contributed by atoms with Crippen LogP contribution in [-0.4, -0.2) is 30.1 Å². The van der Waals surface area contributed by atoms with Crippen molar-refractivity contribution in [3.63, 3.8) is 0 Å². The predicted octanol–water partition coefficient (Wildman–Crippen LogP) is 3.37. The summed E-state index contributed by atoms with van der Waals surface area (Å²) >= 11 is 2.38. The summed E-state index contributed by atoms with van der Waals surface area (Å²) < 4.78 is 4.98. The summed E-state index contributed by atoms with van der Waals surface area (Å²) in [4.78, 5) is 37.2. The lowest BCUT2D eigenvalue weighted by Gasteiger charge is -2.05. The van der Waals surface area contributed by atoms with Gasteiger partial charge in [0.05, 0.1) is 17.9 Å². The van der Waals surface area contributed by atoms with E-state index >= 15 is 0 Å². The van der Waals surface area contributed by atoms with E-state index in [-0.39, 0.29) is 33.7 Å².